The molecular weight excluding hydrogens is 401 g/mol. The van der Waals surface area contributed by atoms with Crippen LogP contribution < -0.4 is 0 Å². The number of alkyl halides is 3. The fourth-order valence-electron chi connectivity index (χ4n) is 2.64. The van der Waals surface area contributed by atoms with E-state index in [0.717, 1.165) is 24.3 Å². The van der Waals surface area contributed by atoms with Gasteiger partial charge < -0.3 is 14.3 Å². The first kappa shape index (κ1) is 20.9. The van der Waals surface area contributed by atoms with E-state index in [1.807, 2.05) is 0 Å². The van der Waals surface area contributed by atoms with Crippen LogP contribution in [0.1, 0.15) is 32.0 Å². The molecule has 0 unspecified atom stereocenters. The van der Waals surface area contributed by atoms with E-state index in [-0.39, 0.29) is 16.9 Å². The van der Waals surface area contributed by atoms with Gasteiger partial charge >= 0.3 is 12.1 Å². The fourth-order valence-corrected chi connectivity index (χ4v) is 2.64. The number of phenolic OH excluding ortho intramolecular Hbond substituents is 1. The van der Waals surface area contributed by atoms with Gasteiger partial charge in [-0.05, 0) is 54.6 Å². The van der Waals surface area contributed by atoms with Crippen LogP contribution in [0.3, 0.4) is 0 Å². The van der Waals surface area contributed by atoms with Gasteiger partial charge in [-0.1, -0.05) is 12.1 Å². The topological polar surface area (TPSA) is 76.7 Å². The number of ether oxygens (including phenoxy) is 1. The van der Waals surface area contributed by atoms with Crippen molar-refractivity contribution in [2.24, 2.45) is 0 Å². The van der Waals surface area contributed by atoms with E-state index in [1.165, 1.54) is 31.4 Å². The summed E-state index contributed by atoms with van der Waals surface area (Å²) >= 11 is 0. The first-order valence-electron chi connectivity index (χ1n) is 8.60. The molecule has 1 heterocycles. The summed E-state index contributed by atoms with van der Waals surface area (Å²) in [5.41, 5.74) is -0.255. The maximum atomic E-state index is 12.6. The first-order chi connectivity index (χ1) is 14.2. The highest BCUT2D eigenvalue weighted by Gasteiger charge is 2.30. The minimum absolute atomic E-state index is 0.0269. The summed E-state index contributed by atoms with van der Waals surface area (Å²) in [4.78, 5) is 23.8. The molecule has 1 aromatic heterocycles. The van der Waals surface area contributed by atoms with Crippen molar-refractivity contribution in [3.8, 4) is 17.1 Å². The van der Waals surface area contributed by atoms with E-state index >= 15 is 0 Å². The van der Waals surface area contributed by atoms with Crippen molar-refractivity contribution >= 4 is 17.8 Å². The van der Waals surface area contributed by atoms with Crippen LogP contribution in [-0.2, 0) is 10.9 Å². The number of esters is 1. The van der Waals surface area contributed by atoms with Crippen LogP contribution in [0.25, 0.3) is 17.4 Å². The monoisotopic (exact) mass is 416 g/mol. The largest absolute Gasteiger partial charge is 0.507 e. The van der Waals surface area contributed by atoms with E-state index in [0.29, 0.717) is 17.1 Å². The second kappa shape index (κ2) is 8.28. The molecule has 1 N–H and O–H groups in total. The number of hydrogen-bond acceptors (Lipinski definition) is 5. The average molecular weight is 416 g/mol. The Bertz CT molecular complexity index is 1110. The second-order valence-corrected chi connectivity index (χ2v) is 6.20. The van der Waals surface area contributed by atoms with Gasteiger partial charge in [0.15, 0.2) is 5.78 Å². The molecule has 5 nitrogen and oxygen atoms in total. The molecule has 0 saturated carbocycles. The molecule has 0 amide bonds. The number of methoxy groups -OCH3 is 1. The summed E-state index contributed by atoms with van der Waals surface area (Å²) in [6, 6.07) is 11.4. The van der Waals surface area contributed by atoms with E-state index in [4.69, 9.17) is 4.42 Å². The quantitative estimate of drug-likeness (QED) is 0.345. The number of carbonyl (C=O) groups is 2. The van der Waals surface area contributed by atoms with Gasteiger partial charge in [-0.15, -0.1) is 0 Å². The highest BCUT2D eigenvalue weighted by molar-refractivity contribution is 6.06. The molecule has 0 aliphatic rings. The Kier molecular flexibility index (Phi) is 5.77. The summed E-state index contributed by atoms with van der Waals surface area (Å²) in [6.07, 6.45) is -1.91. The number of rotatable bonds is 5. The van der Waals surface area contributed by atoms with Crippen LogP contribution in [0, 0.1) is 0 Å². The lowest BCUT2D eigenvalue weighted by Crippen LogP contribution is -2.05. The lowest BCUT2D eigenvalue weighted by atomic mass is 10.1. The van der Waals surface area contributed by atoms with Gasteiger partial charge in [-0.3, -0.25) is 4.79 Å². The number of ketones is 1. The van der Waals surface area contributed by atoms with Gasteiger partial charge in [0.05, 0.1) is 12.7 Å². The van der Waals surface area contributed by atoms with Gasteiger partial charge in [-0.2, -0.15) is 13.2 Å². The third kappa shape index (κ3) is 4.60. The number of benzene rings is 2. The molecular formula is C22H15F3O5. The number of phenols is 1. The smallest absolute Gasteiger partial charge is 0.416 e. The Hall–Kier alpha value is -3.81. The molecule has 0 radical (unpaired) electrons. The number of allylic oxidation sites excluding steroid dienone is 1. The molecule has 8 heteroatoms. The van der Waals surface area contributed by atoms with Crippen LogP contribution in [0.15, 0.2) is 65.1 Å². The summed E-state index contributed by atoms with van der Waals surface area (Å²) in [5, 5.41) is 9.76. The molecule has 154 valence electrons. The molecule has 30 heavy (non-hydrogen) atoms. The molecule has 0 spiro atoms. The number of halogens is 3. The molecule has 2 aromatic carbocycles. The summed E-state index contributed by atoms with van der Waals surface area (Å²) < 4.78 is 48.0. The van der Waals surface area contributed by atoms with Crippen LogP contribution in [0.2, 0.25) is 0 Å². The molecule has 0 saturated heterocycles. The van der Waals surface area contributed by atoms with Crippen molar-refractivity contribution in [2.45, 2.75) is 6.18 Å². The summed E-state index contributed by atoms with van der Waals surface area (Å²) in [7, 11) is 1.19. The molecule has 0 bridgehead atoms. The Morgan fingerprint density at radius 2 is 1.73 bits per heavy atom. The minimum Gasteiger partial charge on any atom is -0.507 e. The Labute approximate surface area is 169 Å². The van der Waals surface area contributed by atoms with Crippen molar-refractivity contribution in [1.29, 1.82) is 0 Å². The zero-order valence-electron chi connectivity index (χ0n) is 15.6. The molecule has 3 rings (SSSR count). The third-order valence-electron chi connectivity index (χ3n) is 4.21. The highest BCUT2D eigenvalue weighted by Crippen LogP contribution is 2.30. The Balaban J connectivity index is 1.76. The second-order valence-electron chi connectivity index (χ2n) is 6.20. The van der Waals surface area contributed by atoms with Crippen LogP contribution in [0.4, 0.5) is 13.2 Å². The number of carbonyl (C=O) groups excluding carboxylic acids is 2. The normalized spacial score (nSPS) is 11.6. The maximum absolute atomic E-state index is 12.6. The lowest BCUT2D eigenvalue weighted by molar-refractivity contribution is -0.137. The van der Waals surface area contributed by atoms with E-state index < -0.39 is 23.5 Å². The standard InChI is InChI=1S/C22H15F3O5/c1-29-21(28)17-12-14(4-9-19(17)27)20-11-8-16(30-20)7-10-18(26)13-2-5-15(6-3-13)22(23,24)25/h2-12,27H,1H3/b10-7+. The highest BCUT2D eigenvalue weighted by atomic mass is 19.4. The van der Waals surface area contributed by atoms with Gasteiger partial charge in [-0.25, -0.2) is 4.79 Å². The Morgan fingerprint density at radius 3 is 2.37 bits per heavy atom. The van der Waals surface area contributed by atoms with E-state index in [9.17, 15) is 27.9 Å². The van der Waals surface area contributed by atoms with Crippen LogP contribution in [0.5, 0.6) is 5.75 Å². The zero-order valence-corrected chi connectivity index (χ0v) is 15.6. The van der Waals surface area contributed by atoms with Crippen molar-refractivity contribution in [2.75, 3.05) is 7.11 Å². The van der Waals surface area contributed by atoms with Gasteiger partial charge in [0.1, 0.15) is 22.8 Å². The fraction of sp³-hybridized carbons (Fsp3) is 0.0909. The molecule has 0 aliphatic heterocycles. The molecule has 0 atom stereocenters. The van der Waals surface area contributed by atoms with Crippen molar-refractivity contribution in [1.82, 2.24) is 0 Å². The lowest BCUT2D eigenvalue weighted by Gasteiger charge is -2.06. The maximum Gasteiger partial charge on any atom is 0.416 e. The summed E-state index contributed by atoms with van der Waals surface area (Å²) in [5.74, 6) is -0.735. The first-order valence-corrected chi connectivity index (χ1v) is 8.60. The van der Waals surface area contributed by atoms with E-state index in [1.54, 1.807) is 18.2 Å². The number of furan rings is 1. The number of aromatic hydroxyl groups is 1. The van der Waals surface area contributed by atoms with Gasteiger partial charge in [0.2, 0.25) is 0 Å². The molecule has 0 fully saturated rings. The van der Waals surface area contributed by atoms with E-state index in [2.05, 4.69) is 4.74 Å². The predicted molar refractivity (Wildman–Crippen MR) is 102 cm³/mol. The average Bonchev–Trinajstić information content (AvgIpc) is 3.20. The minimum atomic E-state index is -4.47. The molecule has 3 aromatic rings. The number of hydrogen-bond donors (Lipinski definition) is 1. The predicted octanol–water partition coefficient (Wildman–Crippen LogP) is 5.35. The van der Waals surface area contributed by atoms with Crippen LogP contribution >= 0.6 is 0 Å². The Morgan fingerprint density at radius 1 is 1.03 bits per heavy atom. The van der Waals surface area contributed by atoms with Crippen molar-refractivity contribution in [3.05, 3.63) is 83.1 Å². The zero-order chi connectivity index (χ0) is 21.9. The van der Waals surface area contributed by atoms with Crippen molar-refractivity contribution < 1.29 is 37.0 Å². The summed E-state index contributed by atoms with van der Waals surface area (Å²) in [6.45, 7) is 0. The van der Waals surface area contributed by atoms with Crippen molar-refractivity contribution in [3.63, 3.8) is 0 Å². The van der Waals surface area contributed by atoms with Crippen LogP contribution in [-0.4, -0.2) is 24.0 Å². The SMILES string of the molecule is COC(=O)c1cc(-c2ccc(/C=C/C(=O)c3ccc(C(F)(F)F)cc3)o2)ccc1O. The van der Waals surface area contributed by atoms with Gasteiger partial charge in [0, 0.05) is 11.1 Å². The van der Waals surface area contributed by atoms with Gasteiger partial charge in [0.25, 0.3) is 0 Å². The molecule has 0 aliphatic carbocycles. The third-order valence-corrected chi connectivity index (χ3v) is 4.21.